The maximum absolute atomic E-state index is 12.5. The molecule has 1 N–H and O–H groups in total. The second-order valence-electron chi connectivity index (χ2n) is 3.09. The molecule has 0 amide bonds. The van der Waals surface area contributed by atoms with E-state index in [9.17, 15) is 13.2 Å². The zero-order valence-electron chi connectivity index (χ0n) is 8.16. The molecule has 0 heterocycles. The minimum absolute atomic E-state index is 0.0789. The number of rotatable bonds is 3. The molecule has 0 aliphatic rings. The van der Waals surface area contributed by atoms with E-state index in [1.54, 1.807) is 6.07 Å². The van der Waals surface area contributed by atoms with Crippen LogP contribution in [0.1, 0.15) is 18.1 Å². The second kappa shape index (κ2) is 4.99. The normalized spacial score (nSPS) is 11.8. The third-order valence-electron chi connectivity index (χ3n) is 1.92. The van der Waals surface area contributed by atoms with Gasteiger partial charge in [-0.2, -0.15) is 13.2 Å². The Bertz CT molecular complexity index is 336. The lowest BCUT2D eigenvalue weighted by Gasteiger charge is -2.11. The maximum Gasteiger partial charge on any atom is 0.417 e. The molecular formula is C10H11BrF3N. The summed E-state index contributed by atoms with van der Waals surface area (Å²) in [6.07, 6.45) is -4.30. The third-order valence-corrected chi connectivity index (χ3v) is 2.61. The van der Waals surface area contributed by atoms with Crippen molar-refractivity contribution in [3.8, 4) is 0 Å². The molecular weight excluding hydrogens is 271 g/mol. The van der Waals surface area contributed by atoms with Gasteiger partial charge in [-0.25, -0.2) is 0 Å². The highest BCUT2D eigenvalue weighted by Gasteiger charge is 2.32. The molecule has 5 heteroatoms. The fourth-order valence-corrected chi connectivity index (χ4v) is 1.64. The topological polar surface area (TPSA) is 12.0 Å². The van der Waals surface area contributed by atoms with E-state index in [1.165, 1.54) is 6.07 Å². The molecule has 0 unspecified atom stereocenters. The molecule has 0 aromatic heterocycles. The third kappa shape index (κ3) is 3.50. The van der Waals surface area contributed by atoms with Crippen molar-refractivity contribution in [3.05, 3.63) is 33.8 Å². The maximum atomic E-state index is 12.5. The van der Waals surface area contributed by atoms with Gasteiger partial charge in [0, 0.05) is 11.0 Å². The number of hydrogen-bond donors (Lipinski definition) is 1. The van der Waals surface area contributed by atoms with Gasteiger partial charge in [0.15, 0.2) is 0 Å². The van der Waals surface area contributed by atoms with E-state index in [0.29, 0.717) is 12.1 Å². The average molecular weight is 282 g/mol. The zero-order chi connectivity index (χ0) is 11.5. The highest BCUT2D eigenvalue weighted by atomic mass is 79.9. The van der Waals surface area contributed by atoms with Crippen LogP contribution in [0.4, 0.5) is 13.2 Å². The van der Waals surface area contributed by atoms with Crippen LogP contribution in [-0.4, -0.2) is 6.54 Å². The summed E-state index contributed by atoms with van der Waals surface area (Å²) in [5.41, 5.74) is 0.00489. The van der Waals surface area contributed by atoms with Crippen LogP contribution in [0, 0.1) is 0 Å². The Balaban J connectivity index is 2.95. The van der Waals surface area contributed by atoms with Gasteiger partial charge >= 0.3 is 6.18 Å². The SMILES string of the molecule is CCNCc1ccc(Br)c(C(F)(F)F)c1. The van der Waals surface area contributed by atoms with Crippen molar-refractivity contribution in [2.24, 2.45) is 0 Å². The molecule has 0 bridgehead atoms. The molecule has 1 rings (SSSR count). The number of benzene rings is 1. The summed E-state index contributed by atoms with van der Waals surface area (Å²) in [5, 5.41) is 2.98. The first-order valence-electron chi connectivity index (χ1n) is 4.51. The van der Waals surface area contributed by atoms with Crippen LogP contribution < -0.4 is 5.32 Å². The van der Waals surface area contributed by atoms with Crippen molar-refractivity contribution in [2.45, 2.75) is 19.6 Å². The van der Waals surface area contributed by atoms with Crippen LogP contribution in [0.5, 0.6) is 0 Å². The van der Waals surface area contributed by atoms with Crippen molar-refractivity contribution < 1.29 is 13.2 Å². The standard InChI is InChI=1S/C10H11BrF3N/c1-2-15-6-7-3-4-9(11)8(5-7)10(12,13)14/h3-5,15H,2,6H2,1H3. The number of hydrogen-bond acceptors (Lipinski definition) is 1. The van der Waals surface area contributed by atoms with Crippen molar-refractivity contribution in [1.82, 2.24) is 5.32 Å². The minimum atomic E-state index is -4.30. The average Bonchev–Trinajstić information content (AvgIpc) is 2.15. The lowest BCUT2D eigenvalue weighted by Crippen LogP contribution is -2.13. The summed E-state index contributed by atoms with van der Waals surface area (Å²) in [6, 6.07) is 4.25. The van der Waals surface area contributed by atoms with E-state index in [0.717, 1.165) is 12.6 Å². The first-order chi connectivity index (χ1) is 6.95. The minimum Gasteiger partial charge on any atom is -0.313 e. The van der Waals surface area contributed by atoms with Gasteiger partial charge in [0.1, 0.15) is 0 Å². The Morgan fingerprint density at radius 2 is 2.00 bits per heavy atom. The number of alkyl halides is 3. The van der Waals surface area contributed by atoms with Crippen molar-refractivity contribution in [2.75, 3.05) is 6.54 Å². The number of halogens is 4. The van der Waals surface area contributed by atoms with Gasteiger partial charge in [-0.1, -0.05) is 28.9 Å². The lowest BCUT2D eigenvalue weighted by molar-refractivity contribution is -0.138. The molecule has 15 heavy (non-hydrogen) atoms. The Kier molecular flexibility index (Phi) is 4.16. The molecule has 0 saturated heterocycles. The highest BCUT2D eigenvalue weighted by molar-refractivity contribution is 9.10. The molecule has 1 aromatic carbocycles. The predicted octanol–water partition coefficient (Wildman–Crippen LogP) is 3.58. The molecule has 1 nitrogen and oxygen atoms in total. The molecule has 0 aliphatic carbocycles. The van der Waals surface area contributed by atoms with Crippen LogP contribution in [0.2, 0.25) is 0 Å². The van der Waals surface area contributed by atoms with Crippen LogP contribution in [-0.2, 0) is 12.7 Å². The van der Waals surface area contributed by atoms with Crippen LogP contribution in [0.15, 0.2) is 22.7 Å². The van der Waals surface area contributed by atoms with Crippen LogP contribution in [0.3, 0.4) is 0 Å². The van der Waals surface area contributed by atoms with E-state index < -0.39 is 11.7 Å². The molecule has 0 fully saturated rings. The van der Waals surface area contributed by atoms with Crippen LogP contribution in [0.25, 0.3) is 0 Å². The summed E-state index contributed by atoms with van der Waals surface area (Å²) in [6.45, 7) is 3.09. The van der Waals surface area contributed by atoms with E-state index in [4.69, 9.17) is 0 Å². The monoisotopic (exact) mass is 281 g/mol. The summed E-state index contributed by atoms with van der Waals surface area (Å²) < 4.78 is 37.6. The zero-order valence-corrected chi connectivity index (χ0v) is 9.74. The molecule has 1 aromatic rings. The van der Waals surface area contributed by atoms with Crippen molar-refractivity contribution >= 4 is 15.9 Å². The largest absolute Gasteiger partial charge is 0.417 e. The Labute approximate surface area is 94.8 Å². The van der Waals surface area contributed by atoms with Crippen molar-refractivity contribution in [3.63, 3.8) is 0 Å². The lowest BCUT2D eigenvalue weighted by atomic mass is 10.1. The molecule has 0 atom stereocenters. The van der Waals surface area contributed by atoms with E-state index in [1.807, 2.05) is 6.92 Å². The predicted molar refractivity (Wildman–Crippen MR) is 56.5 cm³/mol. The fraction of sp³-hybridized carbons (Fsp3) is 0.400. The van der Waals surface area contributed by atoms with Gasteiger partial charge in [-0.15, -0.1) is 0 Å². The van der Waals surface area contributed by atoms with Crippen molar-refractivity contribution in [1.29, 1.82) is 0 Å². The first kappa shape index (κ1) is 12.5. The summed E-state index contributed by atoms with van der Waals surface area (Å²) in [7, 11) is 0. The van der Waals surface area contributed by atoms with Gasteiger partial charge in [0.05, 0.1) is 5.56 Å². The highest BCUT2D eigenvalue weighted by Crippen LogP contribution is 2.35. The summed E-state index contributed by atoms with van der Waals surface area (Å²) in [5.74, 6) is 0. The van der Waals surface area contributed by atoms with E-state index in [2.05, 4.69) is 21.2 Å². The molecule has 0 spiro atoms. The van der Waals surface area contributed by atoms with Gasteiger partial charge in [0.25, 0.3) is 0 Å². The quantitative estimate of drug-likeness (QED) is 0.893. The van der Waals surface area contributed by atoms with Gasteiger partial charge in [0.2, 0.25) is 0 Å². The second-order valence-corrected chi connectivity index (χ2v) is 3.95. The Hall–Kier alpha value is -0.550. The summed E-state index contributed by atoms with van der Waals surface area (Å²) >= 11 is 2.89. The molecule has 0 saturated carbocycles. The first-order valence-corrected chi connectivity index (χ1v) is 5.30. The summed E-state index contributed by atoms with van der Waals surface area (Å²) in [4.78, 5) is 0. The van der Waals surface area contributed by atoms with Crippen LogP contribution >= 0.6 is 15.9 Å². The van der Waals surface area contributed by atoms with Gasteiger partial charge < -0.3 is 5.32 Å². The molecule has 84 valence electrons. The number of nitrogens with one attached hydrogen (secondary N) is 1. The Morgan fingerprint density at radius 1 is 1.33 bits per heavy atom. The smallest absolute Gasteiger partial charge is 0.313 e. The molecule has 0 radical (unpaired) electrons. The van der Waals surface area contributed by atoms with E-state index >= 15 is 0 Å². The van der Waals surface area contributed by atoms with Gasteiger partial charge in [-0.05, 0) is 24.2 Å². The fourth-order valence-electron chi connectivity index (χ4n) is 1.17. The Morgan fingerprint density at radius 3 is 2.53 bits per heavy atom. The molecule has 0 aliphatic heterocycles. The van der Waals surface area contributed by atoms with E-state index in [-0.39, 0.29) is 4.47 Å². The van der Waals surface area contributed by atoms with Gasteiger partial charge in [-0.3, -0.25) is 0 Å².